The molecule has 0 aromatic rings. The number of amides is 3. The molecule has 0 radical (unpaired) electrons. The Balaban J connectivity index is 3.88. The third-order valence-corrected chi connectivity index (χ3v) is 2.42. The minimum atomic E-state index is -1.08. The molecule has 8 nitrogen and oxygen atoms in total. The molecule has 122 valence electrons. The SMILES string of the molecule is CNC(=O)NC(CCCCNC(=O)OC(C)(C)C)C(=O)O. The van der Waals surface area contributed by atoms with Gasteiger partial charge in [0.2, 0.25) is 0 Å². The number of hydrogen-bond acceptors (Lipinski definition) is 4. The molecule has 8 heteroatoms. The first-order valence-electron chi connectivity index (χ1n) is 6.83. The van der Waals surface area contributed by atoms with Crippen molar-refractivity contribution >= 4 is 18.1 Å². The predicted octanol–water partition coefficient (Wildman–Crippen LogP) is 1.06. The van der Waals surface area contributed by atoms with E-state index in [9.17, 15) is 14.4 Å². The minimum Gasteiger partial charge on any atom is -0.480 e. The van der Waals surface area contributed by atoms with Gasteiger partial charge in [-0.15, -0.1) is 0 Å². The fourth-order valence-electron chi connectivity index (χ4n) is 1.47. The Morgan fingerprint density at radius 3 is 2.29 bits per heavy atom. The van der Waals surface area contributed by atoms with Gasteiger partial charge in [0.1, 0.15) is 11.6 Å². The lowest BCUT2D eigenvalue weighted by Gasteiger charge is -2.19. The van der Waals surface area contributed by atoms with Gasteiger partial charge in [0.05, 0.1) is 0 Å². The second-order valence-electron chi connectivity index (χ2n) is 5.54. The van der Waals surface area contributed by atoms with E-state index in [-0.39, 0.29) is 0 Å². The average Bonchev–Trinajstić information content (AvgIpc) is 2.34. The molecule has 0 aliphatic heterocycles. The summed E-state index contributed by atoms with van der Waals surface area (Å²) in [6, 6.07) is -1.47. The van der Waals surface area contributed by atoms with Crippen LogP contribution in [0.15, 0.2) is 0 Å². The summed E-state index contributed by atoms with van der Waals surface area (Å²) >= 11 is 0. The number of nitrogens with one attached hydrogen (secondary N) is 3. The minimum absolute atomic E-state index is 0.290. The van der Waals surface area contributed by atoms with Gasteiger partial charge in [0, 0.05) is 13.6 Å². The number of rotatable bonds is 7. The summed E-state index contributed by atoms with van der Waals surface area (Å²) in [6.45, 7) is 5.71. The molecule has 1 atom stereocenters. The quantitative estimate of drug-likeness (QED) is 0.525. The molecule has 0 aromatic heterocycles. The molecule has 0 rings (SSSR count). The zero-order chi connectivity index (χ0) is 16.5. The Hall–Kier alpha value is -1.99. The molecular weight excluding hydrogens is 278 g/mol. The van der Waals surface area contributed by atoms with E-state index in [1.54, 1.807) is 20.8 Å². The van der Waals surface area contributed by atoms with E-state index < -0.39 is 29.7 Å². The van der Waals surface area contributed by atoms with E-state index in [2.05, 4.69) is 16.0 Å². The van der Waals surface area contributed by atoms with Crippen molar-refractivity contribution in [2.24, 2.45) is 0 Å². The smallest absolute Gasteiger partial charge is 0.407 e. The number of unbranched alkanes of at least 4 members (excludes halogenated alkanes) is 1. The van der Waals surface area contributed by atoms with Gasteiger partial charge in [0.25, 0.3) is 0 Å². The first-order valence-corrected chi connectivity index (χ1v) is 6.83. The van der Waals surface area contributed by atoms with Crippen molar-refractivity contribution in [2.45, 2.75) is 51.7 Å². The zero-order valence-corrected chi connectivity index (χ0v) is 13.0. The Kier molecular flexibility index (Phi) is 8.18. The first-order chi connectivity index (χ1) is 9.65. The van der Waals surface area contributed by atoms with E-state index in [1.165, 1.54) is 7.05 Å². The summed E-state index contributed by atoms with van der Waals surface area (Å²) in [5, 5.41) is 16.2. The highest BCUT2D eigenvalue weighted by atomic mass is 16.6. The first kappa shape index (κ1) is 19.0. The Morgan fingerprint density at radius 2 is 1.81 bits per heavy atom. The monoisotopic (exact) mass is 303 g/mol. The molecule has 0 fully saturated rings. The summed E-state index contributed by atoms with van der Waals surface area (Å²) in [5.41, 5.74) is -0.546. The lowest BCUT2D eigenvalue weighted by Crippen LogP contribution is -2.44. The van der Waals surface area contributed by atoms with Crippen LogP contribution in [0.1, 0.15) is 40.0 Å². The Labute approximate surface area is 124 Å². The van der Waals surface area contributed by atoms with Crippen molar-refractivity contribution in [3.63, 3.8) is 0 Å². The third kappa shape index (κ3) is 10.5. The van der Waals surface area contributed by atoms with Crippen molar-refractivity contribution < 1.29 is 24.2 Å². The van der Waals surface area contributed by atoms with Crippen molar-refractivity contribution in [3.8, 4) is 0 Å². The van der Waals surface area contributed by atoms with Gasteiger partial charge in [-0.1, -0.05) is 0 Å². The van der Waals surface area contributed by atoms with Crippen molar-refractivity contribution in [1.82, 2.24) is 16.0 Å². The molecule has 0 heterocycles. The van der Waals surface area contributed by atoms with Crippen LogP contribution < -0.4 is 16.0 Å². The Bertz CT molecular complexity index is 365. The number of carboxylic acids is 1. The number of urea groups is 1. The van der Waals surface area contributed by atoms with Gasteiger partial charge < -0.3 is 25.8 Å². The van der Waals surface area contributed by atoms with Crippen LogP contribution in [0.3, 0.4) is 0 Å². The van der Waals surface area contributed by atoms with Gasteiger partial charge in [-0.2, -0.15) is 0 Å². The van der Waals surface area contributed by atoms with Crippen LogP contribution >= 0.6 is 0 Å². The van der Waals surface area contributed by atoms with Gasteiger partial charge >= 0.3 is 18.1 Å². The van der Waals surface area contributed by atoms with Crippen LogP contribution in [0.2, 0.25) is 0 Å². The van der Waals surface area contributed by atoms with Crippen molar-refractivity contribution in [1.29, 1.82) is 0 Å². The summed E-state index contributed by atoms with van der Waals surface area (Å²) in [6.07, 6.45) is 0.939. The fourth-order valence-corrected chi connectivity index (χ4v) is 1.47. The second-order valence-corrected chi connectivity index (χ2v) is 5.54. The van der Waals surface area contributed by atoms with E-state index in [0.717, 1.165) is 0 Å². The highest BCUT2D eigenvalue weighted by molar-refractivity contribution is 5.82. The summed E-state index contributed by atoms with van der Waals surface area (Å²) in [5.74, 6) is -1.08. The topological polar surface area (TPSA) is 117 Å². The molecule has 3 amide bonds. The van der Waals surface area contributed by atoms with Crippen LogP contribution in [-0.2, 0) is 9.53 Å². The second kappa shape index (κ2) is 9.04. The maximum atomic E-state index is 11.4. The van der Waals surface area contributed by atoms with E-state index in [1.807, 2.05) is 0 Å². The van der Waals surface area contributed by atoms with E-state index in [0.29, 0.717) is 25.8 Å². The fraction of sp³-hybridized carbons (Fsp3) is 0.769. The number of hydrogen-bond donors (Lipinski definition) is 4. The van der Waals surface area contributed by atoms with E-state index in [4.69, 9.17) is 9.84 Å². The molecule has 1 unspecified atom stereocenters. The standard InChI is InChI=1S/C13H25N3O5/c1-13(2,3)21-12(20)15-8-6-5-7-9(10(17)18)16-11(19)14-4/h9H,5-8H2,1-4H3,(H,15,20)(H,17,18)(H2,14,16,19). The molecule has 0 bridgehead atoms. The molecule has 0 spiro atoms. The number of ether oxygens (including phenoxy) is 1. The highest BCUT2D eigenvalue weighted by Crippen LogP contribution is 2.06. The molecule has 4 N–H and O–H groups in total. The molecule has 0 saturated carbocycles. The number of aliphatic carboxylic acids is 1. The maximum absolute atomic E-state index is 11.4. The predicted molar refractivity (Wildman–Crippen MR) is 77.1 cm³/mol. The van der Waals surface area contributed by atoms with E-state index >= 15 is 0 Å². The highest BCUT2D eigenvalue weighted by Gasteiger charge is 2.19. The van der Waals surface area contributed by atoms with Gasteiger partial charge in [0.15, 0.2) is 0 Å². The largest absolute Gasteiger partial charge is 0.480 e. The number of carboxylic acid groups (broad SMARTS) is 1. The van der Waals surface area contributed by atoms with Gasteiger partial charge in [-0.05, 0) is 40.0 Å². The number of carbonyl (C=O) groups excluding carboxylic acids is 2. The Morgan fingerprint density at radius 1 is 1.19 bits per heavy atom. The molecule has 21 heavy (non-hydrogen) atoms. The maximum Gasteiger partial charge on any atom is 0.407 e. The van der Waals surface area contributed by atoms with Crippen LogP contribution in [0, 0.1) is 0 Å². The number of alkyl carbamates (subject to hydrolysis) is 1. The van der Waals surface area contributed by atoms with Crippen molar-refractivity contribution in [2.75, 3.05) is 13.6 Å². The normalized spacial score (nSPS) is 12.2. The zero-order valence-electron chi connectivity index (χ0n) is 13.0. The van der Waals surface area contributed by atoms with Gasteiger partial charge in [-0.25, -0.2) is 14.4 Å². The van der Waals surface area contributed by atoms with Crippen LogP contribution in [0.25, 0.3) is 0 Å². The molecule has 0 aliphatic rings. The lowest BCUT2D eigenvalue weighted by atomic mass is 10.1. The average molecular weight is 303 g/mol. The van der Waals surface area contributed by atoms with Crippen LogP contribution in [-0.4, -0.2) is 48.4 Å². The van der Waals surface area contributed by atoms with Crippen molar-refractivity contribution in [3.05, 3.63) is 0 Å². The molecule has 0 saturated heterocycles. The van der Waals surface area contributed by atoms with Gasteiger partial charge in [-0.3, -0.25) is 0 Å². The molecule has 0 aromatic carbocycles. The van der Waals surface area contributed by atoms with Crippen LogP contribution in [0.5, 0.6) is 0 Å². The third-order valence-electron chi connectivity index (χ3n) is 2.42. The molecule has 0 aliphatic carbocycles. The molecular formula is C13H25N3O5. The van der Waals surface area contributed by atoms with Crippen LogP contribution in [0.4, 0.5) is 9.59 Å². The summed E-state index contributed by atoms with van der Waals surface area (Å²) in [7, 11) is 1.42. The summed E-state index contributed by atoms with van der Waals surface area (Å²) < 4.78 is 5.06. The lowest BCUT2D eigenvalue weighted by molar-refractivity contribution is -0.139. The number of carbonyl (C=O) groups is 3. The summed E-state index contributed by atoms with van der Waals surface area (Å²) in [4.78, 5) is 33.4.